The van der Waals surface area contributed by atoms with Crippen LogP contribution < -0.4 is 4.90 Å². The van der Waals surface area contributed by atoms with Crippen molar-refractivity contribution in [3.8, 4) is 0 Å². The predicted molar refractivity (Wildman–Crippen MR) is 323 cm³/mol. The zero-order chi connectivity index (χ0) is 62.1. The topological polar surface area (TPSA) is 47.1 Å². The van der Waals surface area contributed by atoms with Crippen molar-refractivity contribution in [2.24, 2.45) is 0 Å². The van der Waals surface area contributed by atoms with Crippen LogP contribution in [0, 0.1) is 0 Å². The average Bonchev–Trinajstić information content (AvgIpc) is 3.41. The third kappa shape index (κ3) is 86.6. The number of rotatable bonds is 12. The second kappa shape index (κ2) is 93.0. The molecule has 6 nitrogen and oxygen atoms in total. The van der Waals surface area contributed by atoms with E-state index in [0.29, 0.717) is 6.32 Å². The van der Waals surface area contributed by atoms with E-state index >= 15 is 0 Å². The van der Waals surface area contributed by atoms with Crippen LogP contribution in [0.4, 0.5) is 5.69 Å². The molecule has 83 heavy (non-hydrogen) atoms. The summed E-state index contributed by atoms with van der Waals surface area (Å²) in [5, 5.41) is 0. The molecule has 0 saturated heterocycles. The predicted octanol–water partition coefficient (Wildman–Crippen LogP) is 12.8. The summed E-state index contributed by atoms with van der Waals surface area (Å²) in [6.45, 7) is 38.2. The van der Waals surface area contributed by atoms with E-state index in [1.54, 1.807) is 38.0 Å². The van der Waals surface area contributed by atoms with Crippen molar-refractivity contribution in [3.63, 3.8) is 0 Å². The van der Waals surface area contributed by atoms with E-state index in [2.05, 4.69) is 127 Å². The molecule has 3 rings (SSSR count). The molecule has 0 fully saturated rings. The summed E-state index contributed by atoms with van der Waals surface area (Å²) in [5.74, 6) is 0.194. The van der Waals surface area contributed by atoms with Gasteiger partial charge in [0.25, 0.3) is 0 Å². The van der Waals surface area contributed by atoms with Crippen LogP contribution in [0.1, 0.15) is 161 Å². The van der Waals surface area contributed by atoms with E-state index in [-0.39, 0.29) is 182 Å². The van der Waals surface area contributed by atoms with E-state index in [1.807, 2.05) is 147 Å². The summed E-state index contributed by atoms with van der Waals surface area (Å²) in [6, 6.07) is 29.4. The van der Waals surface area contributed by atoms with Gasteiger partial charge in [0.15, 0.2) is 0 Å². The van der Waals surface area contributed by atoms with Gasteiger partial charge in [0, 0.05) is 198 Å². The zero-order valence-electron chi connectivity index (χ0n) is 55.1. The molecule has 3 aromatic rings. The second-order valence-corrected chi connectivity index (χ2v) is 23.4. The summed E-state index contributed by atoms with van der Waals surface area (Å²) in [7, 11) is 23.3. The Bertz CT molecular complexity index is 1840. The Labute approximate surface area is 694 Å². The fraction of sp³-hybridized carbons (Fsp3) is 0.516. The van der Waals surface area contributed by atoms with Crippen LogP contribution in [0.3, 0.4) is 0 Å². The molecule has 21 heteroatoms. The Hall–Kier alpha value is 4.55. The number of allylic oxidation sites excluding steroid dienone is 2. The fourth-order valence-corrected chi connectivity index (χ4v) is 7.32. The van der Waals surface area contributed by atoms with Gasteiger partial charge in [0.1, 0.15) is 0 Å². The number of anilines is 1. The molecule has 3 aromatic carbocycles. The Balaban J connectivity index is -0.0000000439. The molecule has 0 aromatic heterocycles. The minimum absolute atomic E-state index is 0. The molecule has 0 bridgehead atoms. The van der Waals surface area contributed by atoms with Gasteiger partial charge in [0.05, 0.1) is 7.85 Å². The van der Waals surface area contributed by atoms with Crippen molar-refractivity contribution in [1.82, 2.24) is 14.7 Å². The SMILES string of the molecule is CC.CC.CC.CC(C)(C[C-]=[W])c1ccccc1.CC(C)(C[C-]=[W])c1ccccc1.CC(C)=C(C)C(=O)N(C)C.CC(C)=C(C)C(=O)N(C)C.CN(C)[C-]=[W].C[C-]=[W].C[C-]=[W].[B]CC.[B]Cc1ccc(N(C)[C-]=[W])cc1.[W].[W].[W].[W].[W].[W].[Y]. The second-order valence-electron chi connectivity index (χ2n) is 17.1. The zero-order valence-corrected chi connectivity index (χ0v) is 93.2. The molecule has 0 heterocycles. The number of likely N-dealkylation sites (N-methyl/N-ethyl adjacent to an activating group) is 2. The van der Waals surface area contributed by atoms with E-state index in [0.717, 1.165) is 52.7 Å². The van der Waals surface area contributed by atoms with Crippen LogP contribution in [-0.4, -0.2) is 118 Å². The van der Waals surface area contributed by atoms with Crippen LogP contribution >= 0.6 is 0 Å². The third-order valence-corrected chi connectivity index (χ3v) is 12.3. The molecule has 0 aliphatic rings. The van der Waals surface area contributed by atoms with Gasteiger partial charge in [-0.2, -0.15) is 0 Å². The van der Waals surface area contributed by atoms with E-state index in [4.69, 9.17) is 15.7 Å². The molecule has 5 radical (unpaired) electrons. The maximum Gasteiger partial charge on any atom is 0 e. The normalized spacial score (nSPS) is 7.99. The van der Waals surface area contributed by atoms with E-state index in [1.165, 1.54) is 127 Å². The Morgan fingerprint density at radius 3 is 0.855 bits per heavy atom. The maximum atomic E-state index is 11.2. The number of hydrogen-bond donors (Lipinski definition) is 0. The third-order valence-electron chi connectivity index (χ3n) is 8.97. The fourth-order valence-electron chi connectivity index (χ4n) is 4.35. The van der Waals surface area contributed by atoms with Crippen LogP contribution in [0.15, 0.2) is 107 Å². The first-order valence-corrected chi connectivity index (χ1v) is 34.1. The van der Waals surface area contributed by atoms with Crippen molar-refractivity contribution < 1.29 is 285 Å². The molecule has 0 saturated carbocycles. The van der Waals surface area contributed by atoms with Gasteiger partial charge in [-0.15, -0.1) is 0 Å². The van der Waals surface area contributed by atoms with Crippen molar-refractivity contribution >= 4 is 59.8 Å². The standard InChI is InChI=1S/2C11H13.C9H9BN.2C8H15NO.C3H6N.C2H5B.3C2H6.2C2H3.12W.Y/c2*1-4-11(2,3)10-8-6-5-7-9-10;1-11(2)9-5-3-8(7-10)4-6-9;2*1-6(2)7(3)8(10)9(4)5;1-4(2)3;1-2-3;5*1-2;;;;;;;;;;;;;/h2*5-9H,4H2,2-3H3;3-6H,7H2,1H3;2*1-5H3;1-2H3;2H2,1H3;3*1-2H3;2*1H3;;;;;;;;;;;;;/q3*-1;;;-1;;;;;2*-1;;;;;;;;;;;;;. The van der Waals surface area contributed by atoms with Gasteiger partial charge >= 0.3 is 360 Å². The number of amides is 2. The van der Waals surface area contributed by atoms with Crippen LogP contribution in [-0.2, 0) is 302 Å². The first-order chi connectivity index (χ1) is 35.5. The minimum Gasteiger partial charge on any atom is 0 e. The molecule has 2 amide bonds. The van der Waals surface area contributed by atoms with Crippen LogP contribution in [0.2, 0.25) is 6.32 Å². The first kappa shape index (κ1) is 128. The van der Waals surface area contributed by atoms with Crippen LogP contribution in [0.25, 0.3) is 0 Å². The molecule has 0 spiro atoms. The van der Waals surface area contributed by atoms with E-state index in [9.17, 15) is 9.59 Å². The van der Waals surface area contributed by atoms with Gasteiger partial charge in [-0.1, -0.05) is 65.9 Å². The maximum absolute atomic E-state index is 11.2. The largest absolute Gasteiger partial charge is 0 e. The molecule has 0 aliphatic heterocycles. The number of carbonyl (C=O) groups excluding carboxylic acids is 2. The number of benzene rings is 3. The molecule has 0 atom stereocenters. The van der Waals surface area contributed by atoms with Gasteiger partial charge in [-0.25, -0.2) is 0 Å². The monoisotopic (exact) mass is 3250 g/mol. The van der Waals surface area contributed by atoms with Crippen molar-refractivity contribution in [3.05, 3.63) is 124 Å². The number of carbonyl (C=O) groups is 2. The molecule has 0 aliphatic carbocycles. The van der Waals surface area contributed by atoms with Crippen LogP contribution in [0.5, 0.6) is 0 Å². The van der Waals surface area contributed by atoms with Gasteiger partial charge in [-0.05, 0) is 41.5 Å². The molecule has 0 unspecified atom stereocenters. The van der Waals surface area contributed by atoms with E-state index < -0.39 is 0 Å². The van der Waals surface area contributed by atoms with Gasteiger partial charge < -0.3 is 9.80 Å². The summed E-state index contributed by atoms with van der Waals surface area (Å²) < 4.78 is 18.3. The molecular weight excluding hydrogens is 3150 g/mol. The summed E-state index contributed by atoms with van der Waals surface area (Å²) >= 11 is 8.43. The quantitative estimate of drug-likeness (QED) is 0.0785. The number of hydrogen-bond acceptors (Lipinski definition) is 4. The van der Waals surface area contributed by atoms with Gasteiger partial charge in [-0.3, -0.25) is 9.59 Å². The Kier molecular flexibility index (Phi) is 143. The van der Waals surface area contributed by atoms with Gasteiger partial charge in [0.2, 0.25) is 11.8 Å². The summed E-state index contributed by atoms with van der Waals surface area (Å²) in [6.07, 6.45) is 3.45. The smallest absolute Gasteiger partial charge is 0 e. The molecule has 467 valence electrons. The average molecular weight is 3250 g/mol. The minimum atomic E-state index is 0. The summed E-state index contributed by atoms with van der Waals surface area (Å²) in [4.78, 5) is 29.4. The molecular formula is C62H100B2N4O2W12Y-6. The van der Waals surface area contributed by atoms with Crippen molar-refractivity contribution in [2.45, 2.75) is 168 Å². The summed E-state index contributed by atoms with van der Waals surface area (Å²) in [5.41, 5.74) is 9.47. The Morgan fingerprint density at radius 1 is 0.482 bits per heavy atom. The van der Waals surface area contributed by atoms with Crippen molar-refractivity contribution in [2.75, 3.05) is 54.2 Å². The number of nitrogens with zero attached hydrogens (tertiary/aromatic N) is 4. The van der Waals surface area contributed by atoms with Crippen molar-refractivity contribution in [1.29, 1.82) is 0 Å². The first-order valence-electron chi connectivity index (χ1n) is 25.3. The molecule has 0 N–H and O–H groups in total. The Morgan fingerprint density at radius 2 is 0.711 bits per heavy atom.